The van der Waals surface area contributed by atoms with Crippen molar-refractivity contribution in [3.05, 3.63) is 29.8 Å². The molecule has 0 spiro atoms. The smallest absolute Gasteiger partial charge is 0.0663 e. The normalized spacial score (nSPS) is 16.0. The fourth-order valence-electron chi connectivity index (χ4n) is 2.58. The minimum absolute atomic E-state index is 0.326. The van der Waals surface area contributed by atoms with Crippen molar-refractivity contribution in [3.63, 3.8) is 0 Å². The highest BCUT2D eigenvalue weighted by atomic mass is 16.5. The summed E-state index contributed by atoms with van der Waals surface area (Å²) in [6.07, 6.45) is 2.63. The first-order valence-corrected chi connectivity index (χ1v) is 7.82. The SMILES string of the molecule is COCCN(c1ccccc1CNC1CC1)C(C)COC. The van der Waals surface area contributed by atoms with E-state index in [9.17, 15) is 0 Å². The number of hydrogen-bond acceptors (Lipinski definition) is 4. The van der Waals surface area contributed by atoms with Crippen LogP contribution in [0.4, 0.5) is 5.69 Å². The fraction of sp³-hybridized carbons (Fsp3) is 0.647. The lowest BCUT2D eigenvalue weighted by molar-refractivity contribution is 0.171. The van der Waals surface area contributed by atoms with E-state index >= 15 is 0 Å². The van der Waals surface area contributed by atoms with Crippen LogP contribution in [0.3, 0.4) is 0 Å². The molecule has 0 aromatic heterocycles. The largest absolute Gasteiger partial charge is 0.383 e. The molecule has 1 unspecified atom stereocenters. The zero-order valence-corrected chi connectivity index (χ0v) is 13.5. The number of nitrogens with zero attached hydrogens (tertiary/aromatic N) is 1. The molecule has 0 amide bonds. The summed E-state index contributed by atoms with van der Waals surface area (Å²) in [5, 5.41) is 3.61. The Morgan fingerprint density at radius 1 is 1.24 bits per heavy atom. The van der Waals surface area contributed by atoms with Crippen molar-refractivity contribution in [2.45, 2.75) is 38.4 Å². The Morgan fingerprint density at radius 2 is 2.00 bits per heavy atom. The van der Waals surface area contributed by atoms with Gasteiger partial charge in [0, 0.05) is 45.1 Å². The van der Waals surface area contributed by atoms with Gasteiger partial charge >= 0.3 is 0 Å². The average molecular weight is 292 g/mol. The number of anilines is 1. The third-order valence-corrected chi connectivity index (χ3v) is 3.94. The predicted molar refractivity (Wildman–Crippen MR) is 86.9 cm³/mol. The first-order chi connectivity index (χ1) is 10.3. The molecule has 1 fully saturated rings. The van der Waals surface area contributed by atoms with Gasteiger partial charge in [0.2, 0.25) is 0 Å². The molecule has 1 N–H and O–H groups in total. The molecule has 1 aromatic rings. The van der Waals surface area contributed by atoms with Crippen molar-refractivity contribution in [3.8, 4) is 0 Å². The van der Waals surface area contributed by atoms with E-state index in [1.165, 1.54) is 24.1 Å². The lowest BCUT2D eigenvalue weighted by Crippen LogP contribution is -2.39. The summed E-state index contributed by atoms with van der Waals surface area (Å²) in [7, 11) is 3.51. The van der Waals surface area contributed by atoms with Gasteiger partial charge in [0.25, 0.3) is 0 Å². The lowest BCUT2D eigenvalue weighted by atomic mass is 10.1. The van der Waals surface area contributed by atoms with E-state index in [1.54, 1.807) is 14.2 Å². The topological polar surface area (TPSA) is 33.7 Å². The van der Waals surface area contributed by atoms with Crippen LogP contribution < -0.4 is 10.2 Å². The Hall–Kier alpha value is -1.10. The summed E-state index contributed by atoms with van der Waals surface area (Å²) in [5.41, 5.74) is 2.63. The van der Waals surface area contributed by atoms with Crippen molar-refractivity contribution in [1.29, 1.82) is 0 Å². The van der Waals surface area contributed by atoms with Crippen LogP contribution in [0.25, 0.3) is 0 Å². The number of hydrogen-bond donors (Lipinski definition) is 1. The third kappa shape index (κ3) is 4.99. The van der Waals surface area contributed by atoms with E-state index in [1.807, 2.05) is 0 Å². The molecule has 0 radical (unpaired) electrons. The molecule has 1 saturated carbocycles. The third-order valence-electron chi connectivity index (χ3n) is 3.94. The van der Waals surface area contributed by atoms with Crippen LogP contribution in [0.1, 0.15) is 25.3 Å². The summed E-state index contributed by atoms with van der Waals surface area (Å²) in [5.74, 6) is 0. The molecule has 4 nitrogen and oxygen atoms in total. The van der Waals surface area contributed by atoms with Crippen LogP contribution in [-0.2, 0) is 16.0 Å². The quantitative estimate of drug-likeness (QED) is 0.718. The molecule has 0 bridgehead atoms. The summed E-state index contributed by atoms with van der Waals surface area (Å²) < 4.78 is 10.6. The van der Waals surface area contributed by atoms with E-state index in [2.05, 4.69) is 41.4 Å². The number of ether oxygens (including phenoxy) is 2. The van der Waals surface area contributed by atoms with Gasteiger partial charge < -0.3 is 19.7 Å². The zero-order valence-electron chi connectivity index (χ0n) is 13.5. The van der Waals surface area contributed by atoms with Crippen molar-refractivity contribution < 1.29 is 9.47 Å². The Morgan fingerprint density at radius 3 is 2.67 bits per heavy atom. The van der Waals surface area contributed by atoms with Crippen molar-refractivity contribution >= 4 is 5.69 Å². The van der Waals surface area contributed by atoms with Gasteiger partial charge in [-0.2, -0.15) is 0 Å². The van der Waals surface area contributed by atoms with E-state index in [0.717, 1.165) is 25.7 Å². The van der Waals surface area contributed by atoms with Crippen LogP contribution in [0, 0.1) is 0 Å². The molecule has 0 heterocycles. The molecule has 0 aliphatic heterocycles. The van der Waals surface area contributed by atoms with Crippen LogP contribution in [0.15, 0.2) is 24.3 Å². The van der Waals surface area contributed by atoms with Gasteiger partial charge in [-0.25, -0.2) is 0 Å². The van der Waals surface area contributed by atoms with Gasteiger partial charge in [-0.05, 0) is 31.4 Å². The summed E-state index contributed by atoms with van der Waals surface area (Å²) in [6, 6.07) is 9.68. The van der Waals surface area contributed by atoms with Gasteiger partial charge in [0.15, 0.2) is 0 Å². The van der Waals surface area contributed by atoms with Gasteiger partial charge in [-0.15, -0.1) is 0 Å². The molecule has 4 heteroatoms. The molecule has 1 aliphatic carbocycles. The van der Waals surface area contributed by atoms with Gasteiger partial charge in [-0.1, -0.05) is 18.2 Å². The van der Waals surface area contributed by atoms with Gasteiger partial charge in [0.05, 0.1) is 13.2 Å². The number of methoxy groups -OCH3 is 2. The second-order valence-corrected chi connectivity index (χ2v) is 5.77. The van der Waals surface area contributed by atoms with E-state index in [4.69, 9.17) is 9.47 Å². The molecule has 1 aliphatic rings. The van der Waals surface area contributed by atoms with Gasteiger partial charge in [-0.3, -0.25) is 0 Å². The van der Waals surface area contributed by atoms with Crippen LogP contribution in [0.5, 0.6) is 0 Å². The van der Waals surface area contributed by atoms with Gasteiger partial charge in [0.1, 0.15) is 0 Å². The van der Waals surface area contributed by atoms with Crippen LogP contribution in [0.2, 0.25) is 0 Å². The summed E-state index contributed by atoms with van der Waals surface area (Å²) >= 11 is 0. The minimum Gasteiger partial charge on any atom is -0.383 e. The van der Waals surface area contributed by atoms with E-state index in [-0.39, 0.29) is 0 Å². The lowest BCUT2D eigenvalue weighted by Gasteiger charge is -2.32. The molecular weight excluding hydrogens is 264 g/mol. The first kappa shape index (κ1) is 16.3. The number of rotatable bonds is 10. The molecule has 0 saturated heterocycles. The van der Waals surface area contributed by atoms with E-state index in [0.29, 0.717) is 12.6 Å². The average Bonchev–Trinajstić information content (AvgIpc) is 3.31. The van der Waals surface area contributed by atoms with Crippen molar-refractivity contribution in [2.24, 2.45) is 0 Å². The Labute approximate surface area is 128 Å². The van der Waals surface area contributed by atoms with Crippen molar-refractivity contribution in [2.75, 3.05) is 38.9 Å². The standard InChI is InChI=1S/C17H28N2O2/c1-14(13-21-3)19(10-11-20-2)17-7-5-4-6-15(17)12-18-16-8-9-16/h4-7,14,16,18H,8-13H2,1-3H3. The molecule has 1 atom stereocenters. The maximum Gasteiger partial charge on any atom is 0.0663 e. The number of para-hydroxylation sites is 1. The molecular formula is C17H28N2O2. The second-order valence-electron chi connectivity index (χ2n) is 5.77. The summed E-state index contributed by atoms with van der Waals surface area (Å²) in [4.78, 5) is 2.39. The Kier molecular flexibility index (Phi) is 6.49. The number of benzene rings is 1. The Bertz CT molecular complexity index is 421. The number of nitrogens with one attached hydrogen (secondary N) is 1. The fourth-order valence-corrected chi connectivity index (χ4v) is 2.58. The van der Waals surface area contributed by atoms with Crippen molar-refractivity contribution in [1.82, 2.24) is 5.32 Å². The zero-order chi connectivity index (χ0) is 15.1. The second kappa shape index (κ2) is 8.37. The van der Waals surface area contributed by atoms with E-state index < -0.39 is 0 Å². The molecule has 21 heavy (non-hydrogen) atoms. The first-order valence-electron chi connectivity index (χ1n) is 7.82. The molecule has 1 aromatic carbocycles. The molecule has 2 rings (SSSR count). The minimum atomic E-state index is 0.326. The van der Waals surface area contributed by atoms with Crippen LogP contribution >= 0.6 is 0 Å². The maximum absolute atomic E-state index is 5.34. The van der Waals surface area contributed by atoms with Crippen LogP contribution in [-0.4, -0.2) is 46.1 Å². The highest BCUT2D eigenvalue weighted by Gasteiger charge is 2.22. The monoisotopic (exact) mass is 292 g/mol. The maximum atomic E-state index is 5.34. The highest BCUT2D eigenvalue weighted by Crippen LogP contribution is 2.25. The summed E-state index contributed by atoms with van der Waals surface area (Å²) in [6.45, 7) is 5.45. The Balaban J connectivity index is 2.11. The highest BCUT2D eigenvalue weighted by molar-refractivity contribution is 5.54. The predicted octanol–water partition coefficient (Wildman–Crippen LogP) is 2.43. The molecule has 118 valence electrons.